The molecule has 3 nitrogen and oxygen atoms in total. The Morgan fingerprint density at radius 2 is 2.14 bits per heavy atom. The van der Waals surface area contributed by atoms with Gasteiger partial charge in [0.1, 0.15) is 17.3 Å². The Kier molecular flexibility index (Phi) is 6.46. The van der Waals surface area contributed by atoms with Crippen LogP contribution >= 0.6 is 12.2 Å². The van der Waals surface area contributed by atoms with Crippen LogP contribution in [-0.2, 0) is 0 Å². The van der Waals surface area contributed by atoms with Crippen LogP contribution in [0.4, 0.5) is 0 Å². The molecule has 2 rings (SSSR count). The lowest BCUT2D eigenvalue weighted by Gasteiger charge is -2.29. The summed E-state index contributed by atoms with van der Waals surface area (Å²) >= 11 is 5.07. The minimum atomic E-state index is 0.395. The fraction of sp³-hybridized carbons (Fsp3) is 0.588. The smallest absolute Gasteiger partial charge is 0.129 e. The van der Waals surface area contributed by atoms with Gasteiger partial charge in [-0.3, -0.25) is 4.90 Å². The highest BCUT2D eigenvalue weighted by Gasteiger charge is 2.19. The van der Waals surface area contributed by atoms with Crippen LogP contribution in [0.25, 0.3) is 0 Å². The van der Waals surface area contributed by atoms with Gasteiger partial charge >= 0.3 is 0 Å². The average molecular weight is 306 g/mol. The third kappa shape index (κ3) is 4.68. The van der Waals surface area contributed by atoms with Gasteiger partial charge in [0.2, 0.25) is 0 Å². The quantitative estimate of drug-likeness (QED) is 0.818. The molecule has 0 spiro atoms. The summed E-state index contributed by atoms with van der Waals surface area (Å²) in [5.41, 5.74) is 6.56. The second-order valence-corrected chi connectivity index (χ2v) is 6.10. The molecule has 0 aromatic heterocycles. The van der Waals surface area contributed by atoms with Gasteiger partial charge in [-0.15, -0.1) is 0 Å². The Balaban J connectivity index is 1.90. The number of benzene rings is 1. The molecule has 1 aliphatic heterocycles. The summed E-state index contributed by atoms with van der Waals surface area (Å²) in [4.78, 5) is 2.97. The summed E-state index contributed by atoms with van der Waals surface area (Å²) in [5.74, 6) is 0.799. The van der Waals surface area contributed by atoms with Crippen molar-refractivity contribution in [3.05, 3.63) is 29.8 Å². The molecule has 0 amide bonds. The molecule has 0 saturated carbocycles. The number of thiocarbonyl (C=S) groups is 1. The molecule has 4 heteroatoms. The average Bonchev–Trinajstić information content (AvgIpc) is 2.72. The molecule has 1 saturated heterocycles. The lowest BCUT2D eigenvalue weighted by Crippen LogP contribution is -2.37. The van der Waals surface area contributed by atoms with Crippen molar-refractivity contribution in [1.82, 2.24) is 4.90 Å². The number of ether oxygens (including phenoxy) is 1. The number of para-hydroxylation sites is 1. The Morgan fingerprint density at radius 1 is 1.33 bits per heavy atom. The van der Waals surface area contributed by atoms with Crippen molar-refractivity contribution >= 4 is 17.2 Å². The van der Waals surface area contributed by atoms with Crippen molar-refractivity contribution in [2.75, 3.05) is 19.7 Å². The standard InChI is InChI=1S/C17H26N2OS/c1-2-14-8-4-3-7-11-19(14)12-13-20-16-10-6-5-9-15(16)17(18)21/h5-6,9-10,14H,2-4,7-8,11-13H2,1H3,(H2,18,21). The lowest BCUT2D eigenvalue weighted by molar-refractivity contribution is 0.158. The Bertz CT molecular complexity index is 464. The largest absolute Gasteiger partial charge is 0.492 e. The van der Waals surface area contributed by atoms with Crippen molar-refractivity contribution < 1.29 is 4.74 Å². The number of hydrogen-bond donors (Lipinski definition) is 1. The van der Waals surface area contributed by atoms with Crippen LogP contribution in [-0.4, -0.2) is 35.6 Å². The van der Waals surface area contributed by atoms with E-state index in [4.69, 9.17) is 22.7 Å². The highest BCUT2D eigenvalue weighted by Crippen LogP contribution is 2.20. The van der Waals surface area contributed by atoms with E-state index in [1.165, 1.54) is 38.6 Å². The van der Waals surface area contributed by atoms with Crippen LogP contribution < -0.4 is 10.5 Å². The number of rotatable bonds is 6. The monoisotopic (exact) mass is 306 g/mol. The molecular weight excluding hydrogens is 280 g/mol. The van der Waals surface area contributed by atoms with E-state index in [1.807, 2.05) is 24.3 Å². The molecular formula is C17H26N2OS. The third-order valence-electron chi connectivity index (χ3n) is 4.26. The van der Waals surface area contributed by atoms with Gasteiger partial charge in [0.05, 0.1) is 5.56 Å². The molecule has 116 valence electrons. The molecule has 1 unspecified atom stereocenters. The van der Waals surface area contributed by atoms with E-state index in [2.05, 4.69) is 11.8 Å². The Labute approximate surface area is 133 Å². The maximum atomic E-state index is 5.93. The Hall–Kier alpha value is -1.13. The molecule has 1 aromatic rings. The van der Waals surface area contributed by atoms with Crippen LogP contribution in [0.5, 0.6) is 5.75 Å². The van der Waals surface area contributed by atoms with Crippen molar-refractivity contribution in [3.63, 3.8) is 0 Å². The van der Waals surface area contributed by atoms with E-state index in [0.29, 0.717) is 17.6 Å². The van der Waals surface area contributed by atoms with Gasteiger partial charge in [-0.05, 0) is 37.9 Å². The van der Waals surface area contributed by atoms with Crippen molar-refractivity contribution in [1.29, 1.82) is 0 Å². The summed E-state index contributed by atoms with van der Waals surface area (Å²) in [5, 5.41) is 0. The minimum absolute atomic E-state index is 0.395. The molecule has 21 heavy (non-hydrogen) atoms. The third-order valence-corrected chi connectivity index (χ3v) is 4.48. The number of nitrogens with two attached hydrogens (primary N) is 1. The van der Waals surface area contributed by atoms with Crippen molar-refractivity contribution in [3.8, 4) is 5.75 Å². The van der Waals surface area contributed by atoms with Gasteiger partial charge in [0.15, 0.2) is 0 Å². The number of hydrogen-bond acceptors (Lipinski definition) is 3. The zero-order valence-corrected chi connectivity index (χ0v) is 13.7. The Morgan fingerprint density at radius 3 is 2.90 bits per heavy atom. The highest BCUT2D eigenvalue weighted by molar-refractivity contribution is 7.80. The molecule has 2 N–H and O–H groups in total. The van der Waals surface area contributed by atoms with Crippen LogP contribution in [0.3, 0.4) is 0 Å². The first-order valence-electron chi connectivity index (χ1n) is 7.98. The van der Waals surface area contributed by atoms with Gasteiger partial charge in [0.25, 0.3) is 0 Å². The molecule has 1 atom stereocenters. The maximum Gasteiger partial charge on any atom is 0.129 e. The molecule has 1 fully saturated rings. The molecule has 1 heterocycles. The molecule has 0 aliphatic carbocycles. The van der Waals surface area contributed by atoms with Crippen molar-refractivity contribution in [2.45, 2.75) is 45.1 Å². The first-order chi connectivity index (χ1) is 10.2. The summed E-state index contributed by atoms with van der Waals surface area (Å²) in [6, 6.07) is 8.45. The number of likely N-dealkylation sites (tertiary alicyclic amines) is 1. The lowest BCUT2D eigenvalue weighted by atomic mass is 10.1. The molecule has 1 aromatic carbocycles. The first kappa shape index (κ1) is 16.2. The van der Waals surface area contributed by atoms with Gasteiger partial charge in [-0.2, -0.15) is 0 Å². The SMILES string of the molecule is CCC1CCCCCN1CCOc1ccccc1C(N)=S. The van der Waals surface area contributed by atoms with Crippen molar-refractivity contribution in [2.24, 2.45) is 5.73 Å². The summed E-state index contributed by atoms with van der Waals surface area (Å²) in [6.45, 7) is 5.14. The second-order valence-electron chi connectivity index (χ2n) is 5.66. The van der Waals surface area contributed by atoms with E-state index >= 15 is 0 Å². The molecule has 1 aliphatic rings. The predicted octanol–water partition coefficient (Wildman–Crippen LogP) is 3.35. The summed E-state index contributed by atoms with van der Waals surface area (Å²) in [6.07, 6.45) is 6.57. The van der Waals surface area contributed by atoms with Crippen LogP contribution in [0.2, 0.25) is 0 Å². The first-order valence-corrected chi connectivity index (χ1v) is 8.39. The van der Waals surface area contributed by atoms with E-state index in [9.17, 15) is 0 Å². The summed E-state index contributed by atoms with van der Waals surface area (Å²) in [7, 11) is 0. The zero-order chi connectivity index (χ0) is 15.1. The zero-order valence-electron chi connectivity index (χ0n) is 12.9. The minimum Gasteiger partial charge on any atom is -0.492 e. The van der Waals surface area contributed by atoms with Crippen LogP contribution in [0.15, 0.2) is 24.3 Å². The second kappa shape index (κ2) is 8.35. The van der Waals surface area contributed by atoms with Gasteiger partial charge in [-0.1, -0.05) is 44.1 Å². The van der Waals surface area contributed by atoms with E-state index in [0.717, 1.165) is 17.9 Å². The molecule has 0 bridgehead atoms. The van der Waals surface area contributed by atoms with E-state index < -0.39 is 0 Å². The van der Waals surface area contributed by atoms with E-state index in [-0.39, 0.29) is 0 Å². The van der Waals surface area contributed by atoms with Crippen LogP contribution in [0, 0.1) is 0 Å². The highest BCUT2D eigenvalue weighted by atomic mass is 32.1. The van der Waals surface area contributed by atoms with Gasteiger partial charge < -0.3 is 10.5 Å². The topological polar surface area (TPSA) is 38.5 Å². The maximum absolute atomic E-state index is 5.93. The predicted molar refractivity (Wildman–Crippen MR) is 91.9 cm³/mol. The van der Waals surface area contributed by atoms with E-state index in [1.54, 1.807) is 0 Å². The fourth-order valence-corrected chi connectivity index (χ4v) is 3.23. The summed E-state index contributed by atoms with van der Waals surface area (Å²) < 4.78 is 5.93. The van der Waals surface area contributed by atoms with Gasteiger partial charge in [-0.25, -0.2) is 0 Å². The molecule has 0 radical (unpaired) electrons. The normalized spacial score (nSPS) is 20.0. The fourth-order valence-electron chi connectivity index (χ4n) is 3.06. The van der Waals surface area contributed by atoms with Gasteiger partial charge in [0, 0.05) is 12.6 Å². The number of nitrogens with zero attached hydrogens (tertiary/aromatic N) is 1. The van der Waals surface area contributed by atoms with Crippen LogP contribution in [0.1, 0.15) is 44.6 Å².